The molecule has 1 heterocycles. The zero-order chi connectivity index (χ0) is 18.1. The Hall–Kier alpha value is -3.14. The van der Waals surface area contributed by atoms with E-state index in [1.807, 2.05) is 25.2 Å². The Morgan fingerprint density at radius 1 is 0.923 bits per heavy atom. The molecule has 0 aliphatic heterocycles. The van der Waals surface area contributed by atoms with Crippen LogP contribution in [0.15, 0.2) is 66.7 Å². The Kier molecular flexibility index (Phi) is 4.17. The standard InChI is InChI=1S/C22H19FN2O/c1-25-20-8-3-2-7-18(20)19-10-9-15(12-21(19)25)13-22(26)24-14-16-5-4-6-17(23)11-16/h2-12H,13-14H2,1H3,(H,24,26). The summed E-state index contributed by atoms with van der Waals surface area (Å²) < 4.78 is 15.3. The van der Waals surface area contributed by atoms with Gasteiger partial charge in [0.2, 0.25) is 5.91 Å². The summed E-state index contributed by atoms with van der Waals surface area (Å²) in [5.41, 5.74) is 4.00. The van der Waals surface area contributed by atoms with Gasteiger partial charge in [0.15, 0.2) is 0 Å². The highest BCUT2D eigenvalue weighted by Gasteiger charge is 2.10. The number of carbonyl (C=O) groups excluding carboxylic acids is 1. The second-order valence-corrected chi connectivity index (χ2v) is 6.51. The lowest BCUT2D eigenvalue weighted by Crippen LogP contribution is -2.24. The Balaban J connectivity index is 1.52. The molecule has 0 radical (unpaired) electrons. The quantitative estimate of drug-likeness (QED) is 0.586. The van der Waals surface area contributed by atoms with Crippen molar-refractivity contribution in [3.05, 3.63) is 83.7 Å². The van der Waals surface area contributed by atoms with Crippen LogP contribution in [0.5, 0.6) is 0 Å². The molecule has 1 N–H and O–H groups in total. The van der Waals surface area contributed by atoms with Crippen molar-refractivity contribution >= 4 is 27.7 Å². The highest BCUT2D eigenvalue weighted by atomic mass is 19.1. The molecule has 26 heavy (non-hydrogen) atoms. The van der Waals surface area contributed by atoms with E-state index in [2.05, 4.69) is 34.1 Å². The van der Waals surface area contributed by atoms with Crippen LogP contribution in [0.25, 0.3) is 21.8 Å². The Morgan fingerprint density at radius 3 is 2.58 bits per heavy atom. The first kappa shape index (κ1) is 16.3. The third-order valence-corrected chi connectivity index (χ3v) is 4.72. The van der Waals surface area contributed by atoms with Crippen LogP contribution in [0.1, 0.15) is 11.1 Å². The molecule has 0 spiro atoms. The van der Waals surface area contributed by atoms with E-state index in [1.165, 1.54) is 28.4 Å². The monoisotopic (exact) mass is 346 g/mol. The largest absolute Gasteiger partial charge is 0.352 e. The van der Waals surface area contributed by atoms with Gasteiger partial charge in [-0.15, -0.1) is 0 Å². The zero-order valence-electron chi connectivity index (χ0n) is 14.5. The molecule has 0 saturated heterocycles. The van der Waals surface area contributed by atoms with Crippen molar-refractivity contribution in [2.24, 2.45) is 7.05 Å². The predicted molar refractivity (Wildman–Crippen MR) is 102 cm³/mol. The lowest BCUT2D eigenvalue weighted by Gasteiger charge is -2.06. The highest BCUT2D eigenvalue weighted by Crippen LogP contribution is 2.28. The minimum atomic E-state index is -0.294. The van der Waals surface area contributed by atoms with Crippen LogP contribution in [0.2, 0.25) is 0 Å². The van der Waals surface area contributed by atoms with E-state index >= 15 is 0 Å². The summed E-state index contributed by atoms with van der Waals surface area (Å²) in [4.78, 5) is 12.3. The van der Waals surface area contributed by atoms with E-state index < -0.39 is 0 Å². The van der Waals surface area contributed by atoms with E-state index in [-0.39, 0.29) is 11.7 Å². The molecule has 0 saturated carbocycles. The molecule has 130 valence electrons. The minimum Gasteiger partial charge on any atom is -0.352 e. The van der Waals surface area contributed by atoms with E-state index in [4.69, 9.17) is 0 Å². The molecule has 4 heteroatoms. The summed E-state index contributed by atoms with van der Waals surface area (Å²) in [6.45, 7) is 0.326. The number of carbonyl (C=O) groups is 1. The van der Waals surface area contributed by atoms with Crippen molar-refractivity contribution in [1.29, 1.82) is 0 Å². The fraction of sp³-hybridized carbons (Fsp3) is 0.136. The molecule has 0 aliphatic carbocycles. The van der Waals surface area contributed by atoms with Crippen molar-refractivity contribution < 1.29 is 9.18 Å². The molecule has 0 atom stereocenters. The van der Waals surface area contributed by atoms with Crippen molar-refractivity contribution in [2.45, 2.75) is 13.0 Å². The average Bonchev–Trinajstić information content (AvgIpc) is 2.93. The maximum atomic E-state index is 13.2. The van der Waals surface area contributed by atoms with Crippen molar-refractivity contribution in [3.8, 4) is 0 Å². The molecule has 3 nitrogen and oxygen atoms in total. The number of nitrogens with zero attached hydrogens (tertiary/aromatic N) is 1. The maximum absolute atomic E-state index is 13.2. The number of fused-ring (bicyclic) bond motifs is 3. The molecule has 4 aromatic rings. The molecule has 1 amide bonds. The number of aryl methyl sites for hydroxylation is 1. The van der Waals surface area contributed by atoms with Gasteiger partial charge in [0.25, 0.3) is 0 Å². The molecule has 0 bridgehead atoms. The molecule has 3 aromatic carbocycles. The second kappa shape index (κ2) is 6.64. The first-order valence-corrected chi connectivity index (χ1v) is 8.59. The predicted octanol–water partition coefficient (Wildman–Crippen LogP) is 4.33. The SMILES string of the molecule is Cn1c2ccccc2c2ccc(CC(=O)NCc3cccc(F)c3)cc21. The first-order valence-electron chi connectivity index (χ1n) is 8.59. The topological polar surface area (TPSA) is 34.0 Å². The fourth-order valence-electron chi connectivity index (χ4n) is 3.41. The Morgan fingerprint density at radius 2 is 1.73 bits per heavy atom. The van der Waals surface area contributed by atoms with Crippen LogP contribution in [0, 0.1) is 5.82 Å². The van der Waals surface area contributed by atoms with Gasteiger partial charge in [-0.2, -0.15) is 0 Å². The van der Waals surface area contributed by atoms with Crippen LogP contribution in [0.4, 0.5) is 4.39 Å². The van der Waals surface area contributed by atoms with Gasteiger partial charge in [0, 0.05) is 35.4 Å². The van der Waals surface area contributed by atoms with Crippen LogP contribution >= 0.6 is 0 Å². The van der Waals surface area contributed by atoms with Gasteiger partial charge in [-0.1, -0.05) is 42.5 Å². The van der Waals surface area contributed by atoms with Crippen LogP contribution in [-0.4, -0.2) is 10.5 Å². The highest BCUT2D eigenvalue weighted by molar-refractivity contribution is 6.08. The third kappa shape index (κ3) is 3.06. The van der Waals surface area contributed by atoms with E-state index in [0.29, 0.717) is 13.0 Å². The summed E-state index contributed by atoms with van der Waals surface area (Å²) in [5.74, 6) is -0.370. The van der Waals surface area contributed by atoms with Crippen LogP contribution in [0.3, 0.4) is 0 Å². The number of para-hydroxylation sites is 1. The number of aromatic nitrogens is 1. The van der Waals surface area contributed by atoms with Gasteiger partial charge in [0.1, 0.15) is 5.82 Å². The van der Waals surface area contributed by atoms with Crippen molar-refractivity contribution in [3.63, 3.8) is 0 Å². The van der Waals surface area contributed by atoms with E-state index in [0.717, 1.165) is 16.6 Å². The molecular formula is C22H19FN2O. The average molecular weight is 346 g/mol. The summed E-state index contributed by atoms with van der Waals surface area (Å²) in [6, 6.07) is 20.7. The number of hydrogen-bond acceptors (Lipinski definition) is 1. The number of rotatable bonds is 4. The van der Waals surface area contributed by atoms with E-state index in [1.54, 1.807) is 12.1 Å². The lowest BCUT2D eigenvalue weighted by molar-refractivity contribution is -0.120. The van der Waals surface area contributed by atoms with Gasteiger partial charge in [0.05, 0.1) is 6.42 Å². The Bertz CT molecular complexity index is 1110. The Labute approximate surface area is 151 Å². The summed E-state index contributed by atoms with van der Waals surface area (Å²) in [5, 5.41) is 5.25. The third-order valence-electron chi connectivity index (χ3n) is 4.72. The van der Waals surface area contributed by atoms with E-state index in [9.17, 15) is 9.18 Å². The van der Waals surface area contributed by atoms with Gasteiger partial charge in [-0.3, -0.25) is 4.79 Å². The molecule has 0 aliphatic rings. The van der Waals surface area contributed by atoms with Crippen LogP contribution < -0.4 is 5.32 Å². The number of halogens is 1. The molecule has 4 rings (SSSR count). The number of amides is 1. The van der Waals surface area contributed by atoms with Crippen LogP contribution in [-0.2, 0) is 24.8 Å². The molecule has 0 unspecified atom stereocenters. The molecular weight excluding hydrogens is 327 g/mol. The van der Waals surface area contributed by atoms with Crippen molar-refractivity contribution in [1.82, 2.24) is 9.88 Å². The van der Waals surface area contributed by atoms with Gasteiger partial charge < -0.3 is 9.88 Å². The maximum Gasteiger partial charge on any atom is 0.224 e. The summed E-state index contributed by atoms with van der Waals surface area (Å²) in [6.07, 6.45) is 0.298. The van der Waals surface area contributed by atoms with Gasteiger partial charge >= 0.3 is 0 Å². The smallest absolute Gasteiger partial charge is 0.224 e. The first-order chi connectivity index (χ1) is 12.6. The molecule has 1 aromatic heterocycles. The fourth-order valence-corrected chi connectivity index (χ4v) is 3.41. The summed E-state index contributed by atoms with van der Waals surface area (Å²) in [7, 11) is 2.04. The minimum absolute atomic E-state index is 0.0765. The van der Waals surface area contributed by atoms with Crippen molar-refractivity contribution in [2.75, 3.05) is 0 Å². The number of nitrogens with one attached hydrogen (secondary N) is 1. The summed E-state index contributed by atoms with van der Waals surface area (Å²) >= 11 is 0. The van der Waals surface area contributed by atoms with Gasteiger partial charge in [-0.25, -0.2) is 4.39 Å². The zero-order valence-corrected chi connectivity index (χ0v) is 14.5. The van der Waals surface area contributed by atoms with Gasteiger partial charge in [-0.05, 0) is 35.4 Å². The lowest BCUT2D eigenvalue weighted by atomic mass is 10.1. The number of hydrogen-bond donors (Lipinski definition) is 1. The number of benzene rings is 3. The normalized spacial score (nSPS) is 11.2. The second-order valence-electron chi connectivity index (χ2n) is 6.51. The molecule has 0 fully saturated rings.